The van der Waals surface area contributed by atoms with Gasteiger partial charge in [0.05, 0.1) is 6.61 Å². The van der Waals surface area contributed by atoms with Gasteiger partial charge in [0, 0.05) is 19.3 Å². The average Bonchev–Trinajstić information content (AvgIpc) is 2.47. The van der Waals surface area contributed by atoms with Crippen molar-refractivity contribution in [1.29, 1.82) is 0 Å². The van der Waals surface area contributed by atoms with Crippen LogP contribution < -0.4 is 4.74 Å². The van der Waals surface area contributed by atoms with E-state index >= 15 is 0 Å². The Bertz CT molecular complexity index is 561. The van der Waals surface area contributed by atoms with Crippen LogP contribution in [0.2, 0.25) is 0 Å². The minimum Gasteiger partial charge on any atom is -0.492 e. The summed E-state index contributed by atoms with van der Waals surface area (Å²) in [4.78, 5) is 18.2. The first kappa shape index (κ1) is 16.3. The Morgan fingerprint density at radius 3 is 2.77 bits per heavy atom. The van der Waals surface area contributed by atoms with Gasteiger partial charge >= 0.3 is 6.09 Å². The molecule has 0 aromatic carbocycles. The molecule has 22 heavy (non-hydrogen) atoms. The monoisotopic (exact) mass is 304 g/mol. The van der Waals surface area contributed by atoms with Crippen LogP contribution in [0.25, 0.3) is 5.57 Å². The number of amides is 1. The van der Waals surface area contributed by atoms with Gasteiger partial charge in [0.1, 0.15) is 17.0 Å². The predicted octanol–water partition coefficient (Wildman–Crippen LogP) is 3.50. The molecule has 0 saturated heterocycles. The lowest BCUT2D eigenvalue weighted by molar-refractivity contribution is 0.0270. The third-order valence-corrected chi connectivity index (χ3v) is 3.24. The number of nitrogens with zero attached hydrogens (tertiary/aromatic N) is 2. The molecule has 0 atom stereocenters. The fourth-order valence-electron chi connectivity index (χ4n) is 2.28. The number of carbonyl (C=O) groups excluding carboxylic acids is 1. The second-order valence-corrected chi connectivity index (χ2v) is 6.19. The van der Waals surface area contributed by atoms with Gasteiger partial charge in [-0.25, -0.2) is 4.79 Å². The Balaban J connectivity index is 2.07. The molecule has 120 valence electrons. The molecule has 2 heterocycles. The normalized spacial score (nSPS) is 15.3. The molecule has 0 fully saturated rings. The smallest absolute Gasteiger partial charge is 0.410 e. The highest BCUT2D eigenvalue weighted by molar-refractivity contribution is 5.73. The lowest BCUT2D eigenvalue weighted by Gasteiger charge is -2.29. The van der Waals surface area contributed by atoms with Crippen LogP contribution in [-0.2, 0) is 4.74 Å². The molecule has 0 radical (unpaired) electrons. The maximum absolute atomic E-state index is 12.1. The van der Waals surface area contributed by atoms with Gasteiger partial charge < -0.3 is 14.4 Å². The molecule has 5 heteroatoms. The van der Waals surface area contributed by atoms with Gasteiger partial charge in [-0.05, 0) is 51.8 Å². The minimum atomic E-state index is -0.468. The quantitative estimate of drug-likeness (QED) is 0.857. The third-order valence-electron chi connectivity index (χ3n) is 3.24. The van der Waals surface area contributed by atoms with Crippen LogP contribution >= 0.6 is 0 Å². The predicted molar refractivity (Wildman–Crippen MR) is 85.8 cm³/mol. The average molecular weight is 304 g/mol. The van der Waals surface area contributed by atoms with Crippen LogP contribution in [0.3, 0.4) is 0 Å². The number of aromatic nitrogens is 1. The number of hydrogen-bond donors (Lipinski definition) is 0. The maximum atomic E-state index is 12.1. The molecule has 0 bridgehead atoms. The van der Waals surface area contributed by atoms with Gasteiger partial charge in [0.2, 0.25) is 0 Å². The van der Waals surface area contributed by atoms with Crippen LogP contribution in [0.1, 0.15) is 39.8 Å². The van der Waals surface area contributed by atoms with Gasteiger partial charge in [-0.3, -0.25) is 4.98 Å². The largest absolute Gasteiger partial charge is 0.492 e. The van der Waals surface area contributed by atoms with Crippen molar-refractivity contribution in [3.8, 4) is 5.75 Å². The zero-order chi connectivity index (χ0) is 16.2. The Kier molecular flexibility index (Phi) is 5.06. The summed E-state index contributed by atoms with van der Waals surface area (Å²) >= 11 is 0. The maximum Gasteiger partial charge on any atom is 0.410 e. The minimum absolute atomic E-state index is 0.270. The topological polar surface area (TPSA) is 51.7 Å². The fraction of sp³-hybridized carbons (Fsp3) is 0.529. The zero-order valence-electron chi connectivity index (χ0n) is 13.8. The second-order valence-electron chi connectivity index (χ2n) is 6.19. The van der Waals surface area contributed by atoms with E-state index in [0.717, 1.165) is 23.4 Å². The lowest BCUT2D eigenvalue weighted by Crippen LogP contribution is -2.39. The van der Waals surface area contributed by atoms with Crippen molar-refractivity contribution in [2.24, 2.45) is 0 Å². The Hall–Kier alpha value is -2.04. The van der Waals surface area contributed by atoms with Gasteiger partial charge in [0.15, 0.2) is 0 Å². The molecule has 0 spiro atoms. The number of ether oxygens (including phenoxy) is 2. The van der Waals surface area contributed by atoms with E-state index in [4.69, 9.17) is 9.47 Å². The first-order chi connectivity index (χ1) is 10.4. The van der Waals surface area contributed by atoms with E-state index in [0.29, 0.717) is 19.7 Å². The molecule has 0 N–H and O–H groups in total. The highest BCUT2D eigenvalue weighted by Crippen LogP contribution is 2.28. The first-order valence-electron chi connectivity index (χ1n) is 7.66. The van der Waals surface area contributed by atoms with Crippen LogP contribution in [0, 0.1) is 0 Å². The van der Waals surface area contributed by atoms with Crippen molar-refractivity contribution >= 4 is 11.7 Å². The van der Waals surface area contributed by atoms with Gasteiger partial charge in [0.25, 0.3) is 0 Å². The van der Waals surface area contributed by atoms with Gasteiger partial charge in [-0.1, -0.05) is 6.08 Å². The molecule has 1 aliphatic heterocycles. The molecule has 0 aliphatic carbocycles. The SMILES string of the molecule is CCOc1cccnc1C1=CCN(C(=O)OC(C)(C)C)CC1. The standard InChI is InChI=1S/C17H24N2O3/c1-5-21-14-7-6-10-18-15(14)13-8-11-19(12-9-13)16(20)22-17(2,3)4/h6-8,10H,5,9,11-12H2,1-4H3. The summed E-state index contributed by atoms with van der Waals surface area (Å²) in [5.41, 5.74) is 1.52. The molecule has 5 nitrogen and oxygen atoms in total. The number of carbonyl (C=O) groups is 1. The van der Waals surface area contributed by atoms with Crippen molar-refractivity contribution in [2.75, 3.05) is 19.7 Å². The summed E-state index contributed by atoms with van der Waals surface area (Å²) in [7, 11) is 0. The van der Waals surface area contributed by atoms with Crippen LogP contribution in [0.5, 0.6) is 5.75 Å². The Morgan fingerprint density at radius 1 is 1.41 bits per heavy atom. The van der Waals surface area contributed by atoms with E-state index in [1.54, 1.807) is 11.1 Å². The molecular weight excluding hydrogens is 280 g/mol. The summed E-state index contributed by atoms with van der Waals surface area (Å²) in [6.45, 7) is 9.34. The van der Waals surface area contributed by atoms with Crippen LogP contribution in [-0.4, -0.2) is 41.3 Å². The summed E-state index contributed by atoms with van der Waals surface area (Å²) in [6, 6.07) is 3.79. The molecule has 2 rings (SSSR count). The van der Waals surface area contributed by atoms with Crippen molar-refractivity contribution in [3.63, 3.8) is 0 Å². The number of pyridine rings is 1. The molecule has 1 aromatic rings. The molecule has 1 aromatic heterocycles. The molecule has 0 unspecified atom stereocenters. The lowest BCUT2D eigenvalue weighted by atomic mass is 10.0. The third kappa shape index (κ3) is 4.23. The van der Waals surface area contributed by atoms with Gasteiger partial charge in [-0.2, -0.15) is 0 Å². The highest BCUT2D eigenvalue weighted by atomic mass is 16.6. The molecule has 0 saturated carbocycles. The number of rotatable bonds is 3. The Labute approximate surface area is 131 Å². The van der Waals surface area contributed by atoms with Crippen molar-refractivity contribution in [3.05, 3.63) is 30.1 Å². The highest BCUT2D eigenvalue weighted by Gasteiger charge is 2.24. The van der Waals surface area contributed by atoms with Gasteiger partial charge in [-0.15, -0.1) is 0 Å². The number of hydrogen-bond acceptors (Lipinski definition) is 4. The second kappa shape index (κ2) is 6.81. The van der Waals surface area contributed by atoms with E-state index in [1.165, 1.54) is 0 Å². The fourth-order valence-corrected chi connectivity index (χ4v) is 2.28. The van der Waals surface area contributed by atoms with E-state index in [2.05, 4.69) is 4.98 Å². The molecule has 1 aliphatic rings. The van der Waals surface area contributed by atoms with Crippen molar-refractivity contribution in [2.45, 2.75) is 39.7 Å². The van der Waals surface area contributed by atoms with E-state index < -0.39 is 5.60 Å². The van der Waals surface area contributed by atoms with Crippen LogP contribution in [0.4, 0.5) is 4.79 Å². The first-order valence-corrected chi connectivity index (χ1v) is 7.66. The van der Waals surface area contributed by atoms with Crippen LogP contribution in [0.15, 0.2) is 24.4 Å². The van der Waals surface area contributed by atoms with E-state index in [9.17, 15) is 4.79 Å². The van der Waals surface area contributed by atoms with E-state index in [-0.39, 0.29) is 6.09 Å². The zero-order valence-corrected chi connectivity index (χ0v) is 13.8. The molecular formula is C17H24N2O3. The van der Waals surface area contributed by atoms with E-state index in [1.807, 2.05) is 45.9 Å². The van der Waals surface area contributed by atoms with Crippen molar-refractivity contribution in [1.82, 2.24) is 9.88 Å². The summed E-state index contributed by atoms with van der Waals surface area (Å²) < 4.78 is 11.0. The van der Waals surface area contributed by atoms with Crippen molar-refractivity contribution < 1.29 is 14.3 Å². The molecule has 1 amide bonds. The summed E-state index contributed by atoms with van der Waals surface area (Å²) in [5, 5.41) is 0. The Morgan fingerprint density at radius 2 is 2.18 bits per heavy atom. The summed E-state index contributed by atoms with van der Waals surface area (Å²) in [5.74, 6) is 0.793. The summed E-state index contributed by atoms with van der Waals surface area (Å²) in [6.07, 6.45) is 4.27.